The quantitative estimate of drug-likeness (QED) is 0.734. The summed E-state index contributed by atoms with van der Waals surface area (Å²) in [6.07, 6.45) is -5.04. The molecule has 1 heterocycles. The summed E-state index contributed by atoms with van der Waals surface area (Å²) in [6, 6.07) is 1.70. The predicted octanol–water partition coefficient (Wildman–Crippen LogP) is 0.851. The SMILES string of the molecule is N#Cc1[nH]c(=O)cc(OC(F)(F)F)c1O. The number of alkyl halides is 3. The summed E-state index contributed by atoms with van der Waals surface area (Å²) < 4.78 is 38.6. The van der Waals surface area contributed by atoms with E-state index in [2.05, 4.69) is 4.74 Å². The van der Waals surface area contributed by atoms with E-state index < -0.39 is 29.1 Å². The van der Waals surface area contributed by atoms with Gasteiger partial charge in [-0.15, -0.1) is 13.2 Å². The Labute approximate surface area is 80.3 Å². The van der Waals surface area contributed by atoms with Crippen LogP contribution < -0.4 is 10.3 Å². The lowest BCUT2D eigenvalue weighted by Gasteiger charge is -2.09. The molecule has 2 N–H and O–H groups in total. The Morgan fingerprint density at radius 3 is 2.60 bits per heavy atom. The smallest absolute Gasteiger partial charge is 0.502 e. The van der Waals surface area contributed by atoms with Gasteiger partial charge in [-0.3, -0.25) is 4.79 Å². The standard InChI is InChI=1S/C7H3F3N2O3/c8-7(9,10)15-4-1-5(13)12-3(2-11)6(4)14/h1,14H,(H,12,13). The average molecular weight is 220 g/mol. The topological polar surface area (TPSA) is 86.1 Å². The molecule has 0 radical (unpaired) electrons. The van der Waals surface area contributed by atoms with Crippen molar-refractivity contribution in [1.29, 1.82) is 5.26 Å². The average Bonchev–Trinajstić information content (AvgIpc) is 2.08. The zero-order chi connectivity index (χ0) is 11.6. The summed E-state index contributed by atoms with van der Waals surface area (Å²) in [5, 5.41) is 17.4. The molecule has 5 nitrogen and oxygen atoms in total. The molecule has 1 aromatic heterocycles. The van der Waals surface area contributed by atoms with Crippen LogP contribution in [0.3, 0.4) is 0 Å². The van der Waals surface area contributed by atoms with E-state index >= 15 is 0 Å². The Kier molecular flexibility index (Phi) is 2.57. The lowest BCUT2D eigenvalue weighted by atomic mass is 10.3. The first-order valence-electron chi connectivity index (χ1n) is 3.45. The molecule has 1 aromatic rings. The first-order valence-corrected chi connectivity index (χ1v) is 3.45. The second-order valence-electron chi connectivity index (χ2n) is 2.38. The number of nitriles is 1. The van der Waals surface area contributed by atoms with Crippen LogP contribution in [-0.4, -0.2) is 16.5 Å². The molecular weight excluding hydrogens is 217 g/mol. The number of hydrogen-bond acceptors (Lipinski definition) is 4. The van der Waals surface area contributed by atoms with Crippen LogP contribution in [0.1, 0.15) is 5.69 Å². The third-order valence-electron chi connectivity index (χ3n) is 1.32. The fourth-order valence-corrected chi connectivity index (χ4v) is 0.812. The van der Waals surface area contributed by atoms with E-state index in [-0.39, 0.29) is 0 Å². The van der Waals surface area contributed by atoms with Crippen molar-refractivity contribution in [2.75, 3.05) is 0 Å². The normalized spacial score (nSPS) is 10.8. The van der Waals surface area contributed by atoms with Gasteiger partial charge >= 0.3 is 6.36 Å². The summed E-state index contributed by atoms with van der Waals surface area (Å²) in [5.74, 6) is -2.17. The molecule has 0 fully saturated rings. The molecule has 0 aliphatic heterocycles. The Morgan fingerprint density at radius 2 is 2.13 bits per heavy atom. The van der Waals surface area contributed by atoms with Gasteiger partial charge < -0.3 is 14.8 Å². The number of aromatic hydroxyl groups is 1. The highest BCUT2D eigenvalue weighted by molar-refractivity contribution is 5.46. The molecule has 0 bridgehead atoms. The minimum atomic E-state index is -5.04. The zero-order valence-electron chi connectivity index (χ0n) is 6.92. The van der Waals surface area contributed by atoms with Gasteiger partial charge in [0.05, 0.1) is 0 Å². The van der Waals surface area contributed by atoms with Crippen LogP contribution in [0.15, 0.2) is 10.9 Å². The Bertz CT molecular complexity index is 472. The van der Waals surface area contributed by atoms with Gasteiger partial charge in [0, 0.05) is 6.07 Å². The molecule has 0 amide bonds. The third-order valence-corrected chi connectivity index (χ3v) is 1.32. The van der Waals surface area contributed by atoms with Gasteiger partial charge in [-0.25, -0.2) is 0 Å². The van der Waals surface area contributed by atoms with Gasteiger partial charge in [0.25, 0.3) is 5.56 Å². The van der Waals surface area contributed by atoms with E-state index in [9.17, 15) is 18.0 Å². The molecule has 0 aliphatic carbocycles. The maximum absolute atomic E-state index is 11.8. The van der Waals surface area contributed by atoms with E-state index in [1.807, 2.05) is 4.98 Å². The second-order valence-corrected chi connectivity index (χ2v) is 2.38. The summed E-state index contributed by atoms with van der Waals surface area (Å²) in [7, 11) is 0. The van der Waals surface area contributed by atoms with Crippen LogP contribution in [0.2, 0.25) is 0 Å². The van der Waals surface area contributed by atoms with Crippen molar-refractivity contribution in [3.05, 3.63) is 22.1 Å². The van der Waals surface area contributed by atoms with Crippen molar-refractivity contribution in [2.24, 2.45) is 0 Å². The number of pyridine rings is 1. The number of halogens is 3. The monoisotopic (exact) mass is 220 g/mol. The minimum absolute atomic E-state index is 0.393. The summed E-state index contributed by atoms with van der Waals surface area (Å²) in [4.78, 5) is 12.6. The number of H-pyrrole nitrogens is 1. The summed E-state index contributed by atoms with van der Waals surface area (Å²) in [5.41, 5.74) is -1.68. The van der Waals surface area contributed by atoms with Gasteiger partial charge in [-0.1, -0.05) is 0 Å². The fraction of sp³-hybridized carbons (Fsp3) is 0.143. The molecule has 15 heavy (non-hydrogen) atoms. The second kappa shape index (κ2) is 3.53. The molecule has 8 heteroatoms. The predicted molar refractivity (Wildman–Crippen MR) is 40.1 cm³/mol. The van der Waals surface area contributed by atoms with E-state index in [4.69, 9.17) is 10.4 Å². The number of aromatic nitrogens is 1. The molecular formula is C7H3F3N2O3. The molecule has 1 rings (SSSR count). The lowest BCUT2D eigenvalue weighted by molar-refractivity contribution is -0.275. The fourth-order valence-electron chi connectivity index (χ4n) is 0.812. The highest BCUT2D eigenvalue weighted by Crippen LogP contribution is 2.31. The van der Waals surface area contributed by atoms with Crippen molar-refractivity contribution < 1.29 is 23.0 Å². The first kappa shape index (κ1) is 10.9. The van der Waals surface area contributed by atoms with Crippen molar-refractivity contribution in [1.82, 2.24) is 4.98 Å². The van der Waals surface area contributed by atoms with Crippen LogP contribution >= 0.6 is 0 Å². The molecule has 80 valence electrons. The third kappa shape index (κ3) is 2.63. The van der Waals surface area contributed by atoms with Crippen LogP contribution in [0.4, 0.5) is 13.2 Å². The zero-order valence-corrected chi connectivity index (χ0v) is 6.92. The van der Waals surface area contributed by atoms with Crippen LogP contribution in [0, 0.1) is 11.3 Å². The number of aromatic amines is 1. The van der Waals surface area contributed by atoms with Gasteiger partial charge in [0.1, 0.15) is 6.07 Å². The number of nitrogens with one attached hydrogen (secondary N) is 1. The van der Waals surface area contributed by atoms with Crippen molar-refractivity contribution in [3.8, 4) is 17.6 Å². The van der Waals surface area contributed by atoms with Crippen molar-refractivity contribution >= 4 is 0 Å². The minimum Gasteiger partial charge on any atom is -0.502 e. The van der Waals surface area contributed by atoms with Gasteiger partial charge in [-0.2, -0.15) is 5.26 Å². The highest BCUT2D eigenvalue weighted by atomic mass is 19.4. The highest BCUT2D eigenvalue weighted by Gasteiger charge is 2.33. The molecule has 0 saturated heterocycles. The van der Waals surface area contributed by atoms with Crippen LogP contribution in [0.5, 0.6) is 11.5 Å². The van der Waals surface area contributed by atoms with Crippen LogP contribution in [-0.2, 0) is 0 Å². The van der Waals surface area contributed by atoms with Gasteiger partial charge in [0.2, 0.25) is 0 Å². The van der Waals surface area contributed by atoms with E-state index in [1.165, 1.54) is 6.07 Å². The number of hydrogen-bond donors (Lipinski definition) is 2. The Morgan fingerprint density at radius 1 is 1.53 bits per heavy atom. The molecule has 0 aliphatic rings. The number of nitrogens with zero attached hydrogens (tertiary/aromatic N) is 1. The Hall–Kier alpha value is -2.17. The van der Waals surface area contributed by atoms with E-state index in [0.29, 0.717) is 6.07 Å². The molecule has 0 saturated carbocycles. The van der Waals surface area contributed by atoms with Gasteiger partial charge in [0.15, 0.2) is 17.2 Å². The molecule has 0 atom stereocenters. The molecule has 0 aromatic carbocycles. The maximum Gasteiger partial charge on any atom is 0.573 e. The van der Waals surface area contributed by atoms with Crippen molar-refractivity contribution in [3.63, 3.8) is 0 Å². The molecule has 0 spiro atoms. The van der Waals surface area contributed by atoms with Crippen molar-refractivity contribution in [2.45, 2.75) is 6.36 Å². The summed E-state index contributed by atoms with van der Waals surface area (Å²) in [6.45, 7) is 0. The summed E-state index contributed by atoms with van der Waals surface area (Å²) >= 11 is 0. The first-order chi connectivity index (χ1) is 6.83. The van der Waals surface area contributed by atoms with Gasteiger partial charge in [-0.05, 0) is 0 Å². The van der Waals surface area contributed by atoms with Crippen LogP contribution in [0.25, 0.3) is 0 Å². The lowest BCUT2D eigenvalue weighted by Crippen LogP contribution is -2.19. The maximum atomic E-state index is 11.8. The largest absolute Gasteiger partial charge is 0.573 e. The van der Waals surface area contributed by atoms with E-state index in [1.54, 1.807) is 0 Å². The molecule has 0 unspecified atom stereocenters. The number of rotatable bonds is 1. The number of ether oxygens (including phenoxy) is 1. The van der Waals surface area contributed by atoms with E-state index in [0.717, 1.165) is 0 Å². The Balaban J connectivity index is 3.26.